The van der Waals surface area contributed by atoms with E-state index in [9.17, 15) is 9.59 Å². The van der Waals surface area contributed by atoms with Gasteiger partial charge in [-0.3, -0.25) is 14.7 Å². The molecule has 114 valence electrons. The number of Topliss-reactive ketones (excluding diaryl/α,β-unsaturated/α-hetero) is 1. The highest BCUT2D eigenvalue weighted by Gasteiger charge is 2.20. The Balaban J connectivity index is 1.73. The summed E-state index contributed by atoms with van der Waals surface area (Å²) in [4.78, 5) is 27.6. The first-order valence-corrected chi connectivity index (χ1v) is 7.34. The molecule has 0 aliphatic carbocycles. The molecule has 0 spiro atoms. The van der Waals surface area contributed by atoms with Crippen LogP contribution in [0.15, 0.2) is 23.6 Å². The zero-order chi connectivity index (χ0) is 15.5. The summed E-state index contributed by atoms with van der Waals surface area (Å²) >= 11 is 1.21. The van der Waals surface area contributed by atoms with Crippen molar-refractivity contribution in [2.45, 2.75) is 12.1 Å². The number of rotatable bonds is 5. The van der Waals surface area contributed by atoms with Crippen LogP contribution in [0.25, 0.3) is 0 Å². The maximum absolute atomic E-state index is 12.0. The van der Waals surface area contributed by atoms with Gasteiger partial charge >= 0.3 is 0 Å². The van der Waals surface area contributed by atoms with E-state index in [1.807, 2.05) is 0 Å². The molecule has 2 N–H and O–H groups in total. The van der Waals surface area contributed by atoms with Gasteiger partial charge in [-0.2, -0.15) is 5.10 Å². The van der Waals surface area contributed by atoms with Crippen molar-refractivity contribution < 1.29 is 19.1 Å². The van der Waals surface area contributed by atoms with E-state index in [2.05, 4.69) is 20.5 Å². The van der Waals surface area contributed by atoms with Crippen LogP contribution in [0, 0.1) is 0 Å². The SMILES string of the molecule is CC(=O)c1cc2c(cc1NC(=O)CSc1ncn[nH]1)OCO2. The van der Waals surface area contributed by atoms with Gasteiger partial charge in [-0.25, -0.2) is 4.98 Å². The number of aromatic nitrogens is 3. The minimum Gasteiger partial charge on any atom is -0.454 e. The van der Waals surface area contributed by atoms with E-state index in [4.69, 9.17) is 9.47 Å². The monoisotopic (exact) mass is 320 g/mol. The van der Waals surface area contributed by atoms with Crippen molar-refractivity contribution in [1.29, 1.82) is 0 Å². The minimum absolute atomic E-state index is 0.103. The quantitative estimate of drug-likeness (QED) is 0.634. The maximum atomic E-state index is 12.0. The number of fused-ring (bicyclic) bond motifs is 1. The first kappa shape index (κ1) is 14.4. The topological polar surface area (TPSA) is 106 Å². The Bertz CT molecular complexity index is 717. The van der Waals surface area contributed by atoms with Crippen LogP contribution < -0.4 is 14.8 Å². The molecule has 1 aliphatic heterocycles. The van der Waals surface area contributed by atoms with Crippen LogP contribution in [0.5, 0.6) is 11.5 Å². The van der Waals surface area contributed by atoms with Crippen LogP contribution in [0.1, 0.15) is 17.3 Å². The molecule has 22 heavy (non-hydrogen) atoms. The average Bonchev–Trinajstić information content (AvgIpc) is 3.15. The third kappa shape index (κ3) is 3.03. The van der Waals surface area contributed by atoms with E-state index in [1.54, 1.807) is 12.1 Å². The van der Waals surface area contributed by atoms with Gasteiger partial charge in [-0.1, -0.05) is 11.8 Å². The number of hydrogen-bond donors (Lipinski definition) is 2. The molecule has 2 heterocycles. The highest BCUT2D eigenvalue weighted by molar-refractivity contribution is 7.99. The largest absolute Gasteiger partial charge is 0.454 e. The maximum Gasteiger partial charge on any atom is 0.234 e. The molecule has 0 bridgehead atoms. The van der Waals surface area contributed by atoms with Crippen LogP contribution >= 0.6 is 11.8 Å². The number of nitrogens with zero attached hydrogens (tertiary/aromatic N) is 2. The van der Waals surface area contributed by atoms with E-state index >= 15 is 0 Å². The van der Waals surface area contributed by atoms with Crippen LogP contribution in [-0.4, -0.2) is 39.4 Å². The number of carbonyl (C=O) groups is 2. The van der Waals surface area contributed by atoms with E-state index in [-0.39, 0.29) is 24.2 Å². The Morgan fingerprint density at radius 2 is 2.14 bits per heavy atom. The van der Waals surface area contributed by atoms with Crippen molar-refractivity contribution in [2.24, 2.45) is 0 Å². The molecule has 0 fully saturated rings. The van der Waals surface area contributed by atoms with Crippen molar-refractivity contribution in [3.8, 4) is 11.5 Å². The lowest BCUT2D eigenvalue weighted by Gasteiger charge is -2.10. The standard InChI is InChI=1S/C13H12N4O4S/c1-7(18)8-2-10-11(21-6-20-10)3-9(8)16-12(19)4-22-13-14-5-15-17-13/h2-3,5H,4,6H2,1H3,(H,16,19)(H,14,15,17). The lowest BCUT2D eigenvalue weighted by atomic mass is 10.1. The van der Waals surface area contributed by atoms with Gasteiger partial charge in [-0.05, 0) is 13.0 Å². The van der Waals surface area contributed by atoms with Crippen LogP contribution in [0.3, 0.4) is 0 Å². The Morgan fingerprint density at radius 1 is 1.36 bits per heavy atom. The molecular formula is C13H12N4O4S. The molecule has 0 radical (unpaired) electrons. The first-order valence-electron chi connectivity index (χ1n) is 6.36. The second-order valence-corrected chi connectivity index (χ2v) is 5.40. The van der Waals surface area contributed by atoms with Gasteiger partial charge in [-0.15, -0.1) is 0 Å². The summed E-state index contributed by atoms with van der Waals surface area (Å²) in [5.41, 5.74) is 0.780. The number of ether oxygens (including phenoxy) is 2. The van der Waals surface area contributed by atoms with Crippen molar-refractivity contribution in [1.82, 2.24) is 15.2 Å². The molecular weight excluding hydrogens is 308 g/mol. The summed E-state index contributed by atoms with van der Waals surface area (Å²) in [6, 6.07) is 3.17. The minimum atomic E-state index is -0.261. The highest BCUT2D eigenvalue weighted by atomic mass is 32.2. The van der Waals surface area contributed by atoms with Crippen LogP contribution in [0.2, 0.25) is 0 Å². The van der Waals surface area contributed by atoms with Gasteiger partial charge in [0.15, 0.2) is 22.4 Å². The zero-order valence-corrected chi connectivity index (χ0v) is 12.4. The Morgan fingerprint density at radius 3 is 2.82 bits per heavy atom. The van der Waals surface area contributed by atoms with Crippen molar-refractivity contribution in [3.63, 3.8) is 0 Å². The number of benzene rings is 1. The number of aromatic amines is 1. The van der Waals surface area contributed by atoms with Gasteiger partial charge in [0.05, 0.1) is 11.4 Å². The first-order chi connectivity index (χ1) is 10.6. The summed E-state index contributed by atoms with van der Waals surface area (Å²) in [7, 11) is 0. The third-order valence-corrected chi connectivity index (χ3v) is 3.78. The van der Waals surface area contributed by atoms with E-state index in [0.717, 1.165) is 0 Å². The Hall–Kier alpha value is -2.55. The van der Waals surface area contributed by atoms with Gasteiger partial charge in [0.2, 0.25) is 12.7 Å². The van der Waals surface area contributed by atoms with Gasteiger partial charge < -0.3 is 14.8 Å². The van der Waals surface area contributed by atoms with E-state index in [0.29, 0.717) is 27.9 Å². The average molecular weight is 320 g/mol. The number of anilines is 1. The summed E-state index contributed by atoms with van der Waals surface area (Å²) in [5, 5.41) is 9.60. The van der Waals surface area contributed by atoms with Crippen molar-refractivity contribution >= 4 is 29.1 Å². The summed E-state index contributed by atoms with van der Waals surface area (Å²) in [5.74, 6) is 0.711. The molecule has 0 atom stereocenters. The van der Waals surface area contributed by atoms with Crippen molar-refractivity contribution in [2.75, 3.05) is 17.9 Å². The second kappa shape index (κ2) is 6.06. The molecule has 0 saturated carbocycles. The third-order valence-electron chi connectivity index (χ3n) is 2.90. The fraction of sp³-hybridized carbons (Fsp3) is 0.231. The van der Waals surface area contributed by atoms with Gasteiger partial charge in [0, 0.05) is 11.6 Å². The van der Waals surface area contributed by atoms with Gasteiger partial charge in [0.25, 0.3) is 0 Å². The van der Waals surface area contributed by atoms with E-state index < -0.39 is 0 Å². The number of amides is 1. The number of thioether (sulfide) groups is 1. The second-order valence-electron chi connectivity index (χ2n) is 4.43. The number of H-pyrrole nitrogens is 1. The summed E-state index contributed by atoms with van der Waals surface area (Å²) < 4.78 is 10.5. The van der Waals surface area contributed by atoms with Crippen LogP contribution in [0.4, 0.5) is 5.69 Å². The number of ketones is 1. The molecule has 8 nitrogen and oxygen atoms in total. The van der Waals surface area contributed by atoms with E-state index in [1.165, 1.54) is 25.0 Å². The molecule has 9 heteroatoms. The molecule has 0 unspecified atom stereocenters. The molecule has 2 aromatic rings. The zero-order valence-electron chi connectivity index (χ0n) is 11.6. The lowest BCUT2D eigenvalue weighted by Crippen LogP contribution is -2.16. The lowest BCUT2D eigenvalue weighted by molar-refractivity contribution is -0.113. The molecule has 3 rings (SSSR count). The molecule has 1 aromatic heterocycles. The fourth-order valence-corrected chi connectivity index (χ4v) is 2.50. The number of nitrogens with one attached hydrogen (secondary N) is 2. The van der Waals surface area contributed by atoms with Gasteiger partial charge in [0.1, 0.15) is 6.33 Å². The van der Waals surface area contributed by atoms with Crippen LogP contribution in [-0.2, 0) is 4.79 Å². The molecule has 0 saturated heterocycles. The number of hydrogen-bond acceptors (Lipinski definition) is 7. The Kier molecular flexibility index (Phi) is 3.96. The predicted octanol–water partition coefficient (Wildman–Crippen LogP) is 1.47. The normalized spacial score (nSPS) is 12.2. The highest BCUT2D eigenvalue weighted by Crippen LogP contribution is 2.37. The molecule has 1 aliphatic rings. The predicted molar refractivity (Wildman–Crippen MR) is 78.3 cm³/mol. The summed E-state index contributed by atoms with van der Waals surface area (Å²) in [6.07, 6.45) is 1.37. The summed E-state index contributed by atoms with van der Waals surface area (Å²) in [6.45, 7) is 1.53. The smallest absolute Gasteiger partial charge is 0.234 e. The number of carbonyl (C=O) groups excluding carboxylic acids is 2. The Labute approximate surface area is 129 Å². The molecule has 1 amide bonds. The molecule has 1 aromatic carbocycles. The van der Waals surface area contributed by atoms with Crippen molar-refractivity contribution in [3.05, 3.63) is 24.0 Å². The fourth-order valence-electron chi connectivity index (χ4n) is 1.92.